The second-order valence-electron chi connectivity index (χ2n) is 5.97. The minimum absolute atomic E-state index is 0.107. The fraction of sp³-hybridized carbons (Fsp3) is 0.438. The molecule has 7 nitrogen and oxygen atoms in total. The van der Waals surface area contributed by atoms with Crippen LogP contribution in [0.15, 0.2) is 36.5 Å². The average Bonchev–Trinajstić information content (AvgIpc) is 3.35. The number of amides is 2. The Hall–Kier alpha value is -2.41. The summed E-state index contributed by atoms with van der Waals surface area (Å²) in [6.07, 6.45) is 3.93. The number of hydrogen-bond acceptors (Lipinski definition) is 4. The quantitative estimate of drug-likeness (QED) is 0.939. The number of urea groups is 1. The maximum atomic E-state index is 12.7. The van der Waals surface area contributed by atoms with Gasteiger partial charge in [0, 0.05) is 6.54 Å². The molecule has 1 atom stereocenters. The van der Waals surface area contributed by atoms with Crippen LogP contribution in [-0.2, 0) is 4.74 Å². The molecular formula is C16H19N5O2. The second kappa shape index (κ2) is 6.00. The third-order valence-corrected chi connectivity index (χ3v) is 4.38. The van der Waals surface area contributed by atoms with E-state index < -0.39 is 0 Å². The minimum atomic E-state index is -0.107. The molecule has 1 unspecified atom stereocenters. The Morgan fingerprint density at radius 2 is 2.09 bits per heavy atom. The van der Waals surface area contributed by atoms with Crippen LogP contribution in [0.5, 0.6) is 0 Å². The van der Waals surface area contributed by atoms with Crippen molar-refractivity contribution >= 4 is 11.8 Å². The molecule has 1 saturated carbocycles. The van der Waals surface area contributed by atoms with Crippen LogP contribution in [-0.4, -0.2) is 51.7 Å². The van der Waals surface area contributed by atoms with Crippen molar-refractivity contribution in [2.75, 3.05) is 25.1 Å². The van der Waals surface area contributed by atoms with Crippen molar-refractivity contribution in [3.05, 3.63) is 36.5 Å². The van der Waals surface area contributed by atoms with Gasteiger partial charge in [-0.2, -0.15) is 4.68 Å². The van der Waals surface area contributed by atoms with E-state index >= 15 is 0 Å². The highest BCUT2D eigenvalue weighted by atomic mass is 16.5. The normalized spacial score (nSPS) is 21.2. The molecule has 1 aromatic heterocycles. The summed E-state index contributed by atoms with van der Waals surface area (Å²) in [6, 6.07) is 9.71. The number of nitrogens with one attached hydrogen (secondary N) is 1. The molecule has 2 aromatic rings. The Morgan fingerprint density at radius 1 is 1.26 bits per heavy atom. The largest absolute Gasteiger partial charge is 0.377 e. The topological polar surface area (TPSA) is 72.3 Å². The first-order chi connectivity index (χ1) is 11.3. The fourth-order valence-corrected chi connectivity index (χ4v) is 3.01. The second-order valence-corrected chi connectivity index (χ2v) is 5.97. The molecule has 2 aliphatic rings. The van der Waals surface area contributed by atoms with Crippen LogP contribution in [0.3, 0.4) is 0 Å². The number of nitrogens with zero attached hydrogens (tertiary/aromatic N) is 4. The van der Waals surface area contributed by atoms with Gasteiger partial charge < -0.3 is 9.64 Å². The molecule has 1 saturated heterocycles. The van der Waals surface area contributed by atoms with Crippen LogP contribution in [0.2, 0.25) is 0 Å². The molecule has 2 heterocycles. The Labute approximate surface area is 134 Å². The Morgan fingerprint density at radius 3 is 2.87 bits per heavy atom. The number of ether oxygens (including phenoxy) is 1. The van der Waals surface area contributed by atoms with Gasteiger partial charge in [0.15, 0.2) is 5.82 Å². The van der Waals surface area contributed by atoms with Crippen LogP contribution in [0, 0.1) is 5.92 Å². The number of benzene rings is 1. The molecule has 1 aliphatic carbocycles. The molecule has 1 aromatic carbocycles. The molecule has 4 rings (SSSR count). The summed E-state index contributed by atoms with van der Waals surface area (Å²) in [5.74, 6) is 1.15. The van der Waals surface area contributed by atoms with E-state index in [1.165, 1.54) is 12.8 Å². The third-order valence-electron chi connectivity index (χ3n) is 4.38. The lowest BCUT2D eigenvalue weighted by Crippen LogP contribution is -2.51. The van der Waals surface area contributed by atoms with Crippen molar-refractivity contribution < 1.29 is 9.53 Å². The van der Waals surface area contributed by atoms with Gasteiger partial charge in [0.05, 0.1) is 31.1 Å². The van der Waals surface area contributed by atoms with E-state index in [1.54, 1.807) is 10.9 Å². The lowest BCUT2D eigenvalue weighted by atomic mass is 10.1. The van der Waals surface area contributed by atoms with E-state index in [1.807, 2.05) is 35.2 Å². The van der Waals surface area contributed by atoms with Gasteiger partial charge in [0.1, 0.15) is 0 Å². The lowest BCUT2D eigenvalue weighted by molar-refractivity contribution is 0.00770. The summed E-state index contributed by atoms with van der Waals surface area (Å²) in [7, 11) is 0. The molecule has 120 valence electrons. The molecule has 7 heteroatoms. The van der Waals surface area contributed by atoms with Gasteiger partial charge in [0.2, 0.25) is 0 Å². The van der Waals surface area contributed by atoms with Crippen LogP contribution < -0.4 is 5.32 Å². The van der Waals surface area contributed by atoms with Gasteiger partial charge in [-0.3, -0.25) is 5.32 Å². The number of aromatic nitrogens is 3. The number of anilines is 1. The molecule has 2 fully saturated rings. The van der Waals surface area contributed by atoms with E-state index in [4.69, 9.17) is 4.74 Å². The van der Waals surface area contributed by atoms with Crippen LogP contribution >= 0.6 is 0 Å². The highest BCUT2D eigenvalue weighted by molar-refractivity contribution is 5.89. The van der Waals surface area contributed by atoms with Crippen molar-refractivity contribution in [1.29, 1.82) is 0 Å². The number of para-hydroxylation sites is 1. The highest BCUT2D eigenvalue weighted by Gasteiger charge is 2.39. The van der Waals surface area contributed by atoms with Crippen LogP contribution in [0.25, 0.3) is 5.69 Å². The first kappa shape index (κ1) is 14.2. The predicted molar refractivity (Wildman–Crippen MR) is 84.4 cm³/mol. The van der Waals surface area contributed by atoms with Crippen LogP contribution in [0.1, 0.15) is 12.8 Å². The molecule has 1 N–H and O–H groups in total. The van der Waals surface area contributed by atoms with Gasteiger partial charge in [-0.25, -0.2) is 4.79 Å². The summed E-state index contributed by atoms with van der Waals surface area (Å²) < 4.78 is 7.17. The Balaban J connectivity index is 1.52. The SMILES string of the molecule is O=C(Nc1cnnn1-c1ccccc1)N1CCOCC1C1CC1. The van der Waals surface area contributed by atoms with Crippen molar-refractivity contribution in [3.63, 3.8) is 0 Å². The van der Waals surface area contributed by atoms with Gasteiger partial charge in [-0.15, -0.1) is 5.10 Å². The van der Waals surface area contributed by atoms with Crippen molar-refractivity contribution in [3.8, 4) is 5.69 Å². The number of morpholine rings is 1. The smallest absolute Gasteiger partial charge is 0.323 e. The molecular weight excluding hydrogens is 294 g/mol. The van der Waals surface area contributed by atoms with Crippen molar-refractivity contribution in [2.24, 2.45) is 5.92 Å². The molecule has 0 spiro atoms. The van der Waals surface area contributed by atoms with E-state index in [0.717, 1.165) is 5.69 Å². The van der Waals surface area contributed by atoms with Crippen molar-refractivity contribution in [2.45, 2.75) is 18.9 Å². The van der Waals surface area contributed by atoms with Gasteiger partial charge in [-0.1, -0.05) is 23.4 Å². The average molecular weight is 313 g/mol. The molecule has 23 heavy (non-hydrogen) atoms. The lowest BCUT2D eigenvalue weighted by Gasteiger charge is -2.35. The zero-order valence-corrected chi connectivity index (χ0v) is 12.8. The monoisotopic (exact) mass is 313 g/mol. The summed E-state index contributed by atoms with van der Waals surface area (Å²) in [6.45, 7) is 1.85. The van der Waals surface area contributed by atoms with Crippen molar-refractivity contribution in [1.82, 2.24) is 19.9 Å². The fourth-order valence-electron chi connectivity index (χ4n) is 3.01. The van der Waals surface area contributed by atoms with E-state index in [-0.39, 0.29) is 12.1 Å². The van der Waals surface area contributed by atoms with Gasteiger partial charge >= 0.3 is 6.03 Å². The first-order valence-electron chi connectivity index (χ1n) is 7.94. The predicted octanol–water partition coefficient (Wildman–Crippen LogP) is 1.91. The van der Waals surface area contributed by atoms with Crippen LogP contribution in [0.4, 0.5) is 10.6 Å². The summed E-state index contributed by atoms with van der Waals surface area (Å²) in [4.78, 5) is 14.6. The third kappa shape index (κ3) is 2.92. The Bertz CT molecular complexity index is 683. The number of rotatable bonds is 3. The Kier molecular flexibility index (Phi) is 3.70. The molecule has 0 radical (unpaired) electrons. The summed E-state index contributed by atoms with van der Waals surface area (Å²) in [5, 5.41) is 10.9. The number of hydrogen-bond donors (Lipinski definition) is 1. The maximum Gasteiger partial charge on any atom is 0.323 e. The van der Waals surface area contributed by atoms with Gasteiger partial charge in [-0.05, 0) is 30.9 Å². The summed E-state index contributed by atoms with van der Waals surface area (Å²) >= 11 is 0. The first-order valence-corrected chi connectivity index (χ1v) is 7.94. The van der Waals surface area contributed by atoms with E-state index in [9.17, 15) is 4.79 Å². The zero-order chi connectivity index (χ0) is 15.6. The highest BCUT2D eigenvalue weighted by Crippen LogP contribution is 2.36. The molecule has 2 amide bonds. The molecule has 0 bridgehead atoms. The minimum Gasteiger partial charge on any atom is -0.377 e. The van der Waals surface area contributed by atoms with E-state index in [0.29, 0.717) is 31.5 Å². The molecule has 1 aliphatic heterocycles. The number of carbonyl (C=O) groups is 1. The summed E-state index contributed by atoms with van der Waals surface area (Å²) in [5.41, 5.74) is 0.862. The zero-order valence-electron chi connectivity index (χ0n) is 12.8. The van der Waals surface area contributed by atoms with Gasteiger partial charge in [0.25, 0.3) is 0 Å². The maximum absolute atomic E-state index is 12.7. The number of carbonyl (C=O) groups excluding carboxylic acids is 1. The standard InChI is InChI=1S/C16H19N5O2/c22-16(20-8-9-23-11-14(20)12-6-7-12)18-15-10-17-19-21(15)13-4-2-1-3-5-13/h1-5,10,12,14H,6-9,11H2,(H,18,22). The van der Waals surface area contributed by atoms with E-state index in [2.05, 4.69) is 15.6 Å².